The topological polar surface area (TPSA) is 141 Å². The van der Waals surface area contributed by atoms with Crippen LogP contribution in [0.2, 0.25) is 0 Å². The number of nitrogens with two attached hydrogens (primary N) is 2. The van der Waals surface area contributed by atoms with Gasteiger partial charge in [0.05, 0.1) is 11.8 Å². The van der Waals surface area contributed by atoms with E-state index < -0.39 is 17.9 Å². The van der Waals surface area contributed by atoms with Gasteiger partial charge < -0.3 is 21.5 Å². The van der Waals surface area contributed by atoms with Gasteiger partial charge in [0.2, 0.25) is 5.91 Å². The van der Waals surface area contributed by atoms with E-state index in [0.29, 0.717) is 18.8 Å². The molecule has 1 aliphatic rings. The fourth-order valence-electron chi connectivity index (χ4n) is 3.25. The molecule has 0 saturated carbocycles. The van der Waals surface area contributed by atoms with E-state index in [1.807, 2.05) is 19.1 Å². The van der Waals surface area contributed by atoms with Gasteiger partial charge in [-0.2, -0.15) is 4.37 Å². The predicted octanol–water partition coefficient (Wildman–Crippen LogP) is 1.46. The van der Waals surface area contributed by atoms with Crippen LogP contribution in [0.25, 0.3) is 0 Å². The maximum Gasteiger partial charge on any atom is 0.272 e. The smallest absolute Gasteiger partial charge is 0.272 e. The summed E-state index contributed by atoms with van der Waals surface area (Å²) in [4.78, 5) is 39.1. The van der Waals surface area contributed by atoms with Crippen LogP contribution >= 0.6 is 11.5 Å². The number of aryl methyl sites for hydroxylation is 1. The van der Waals surface area contributed by atoms with Crippen molar-refractivity contribution in [2.45, 2.75) is 38.8 Å². The quantitative estimate of drug-likeness (QED) is 0.606. The highest BCUT2D eigenvalue weighted by atomic mass is 32.1. The Morgan fingerprint density at radius 2 is 2.03 bits per heavy atom. The fourth-order valence-corrected chi connectivity index (χ4v) is 3.99. The molecule has 1 aliphatic heterocycles. The number of primary amides is 1. The number of nitrogens with one attached hydrogen (secondary N) is 1. The number of carbonyl (C=O) groups excluding carboxylic acids is 3. The standard InChI is InChI=1S/C20H25N5O4S/c1-11-5-7-13(8-6-11)25(12(2)19(27)23-10-14-4-3-9-29-14)20(28)17-15(21)16(18(22)26)24-30-17/h5-8,12,14H,3-4,9-10,21H2,1-2H3,(H2,22,26)(H,23,27)/t12-,14-/m0/s1. The van der Waals surface area contributed by atoms with E-state index in [4.69, 9.17) is 16.2 Å². The van der Waals surface area contributed by atoms with Crippen molar-refractivity contribution in [1.82, 2.24) is 9.69 Å². The number of carbonyl (C=O) groups is 3. The van der Waals surface area contributed by atoms with Gasteiger partial charge in [-0.05, 0) is 50.4 Å². The normalized spacial score (nSPS) is 16.8. The number of aromatic nitrogens is 1. The molecule has 0 spiro atoms. The lowest BCUT2D eigenvalue weighted by molar-refractivity contribution is -0.122. The van der Waals surface area contributed by atoms with Crippen LogP contribution in [0.3, 0.4) is 0 Å². The maximum absolute atomic E-state index is 13.4. The van der Waals surface area contributed by atoms with E-state index in [9.17, 15) is 14.4 Å². The summed E-state index contributed by atoms with van der Waals surface area (Å²) in [5.74, 6) is -1.66. The van der Waals surface area contributed by atoms with Crippen LogP contribution in [0.15, 0.2) is 24.3 Å². The van der Waals surface area contributed by atoms with E-state index in [1.165, 1.54) is 4.90 Å². The van der Waals surface area contributed by atoms with Crippen LogP contribution < -0.4 is 21.7 Å². The van der Waals surface area contributed by atoms with Crippen molar-refractivity contribution in [3.63, 3.8) is 0 Å². The van der Waals surface area contributed by atoms with Gasteiger partial charge in [0.25, 0.3) is 11.8 Å². The SMILES string of the molecule is Cc1ccc(N(C(=O)c2snc(C(N)=O)c2N)[C@@H](C)C(=O)NC[C@@H]2CCCO2)cc1. The number of rotatable bonds is 7. The molecule has 9 nitrogen and oxygen atoms in total. The van der Waals surface area contributed by atoms with Crippen molar-refractivity contribution in [3.8, 4) is 0 Å². The Kier molecular flexibility index (Phi) is 6.68. The van der Waals surface area contributed by atoms with Gasteiger partial charge in [-0.1, -0.05) is 17.7 Å². The van der Waals surface area contributed by atoms with Crippen molar-refractivity contribution in [3.05, 3.63) is 40.4 Å². The molecule has 1 aromatic carbocycles. The Morgan fingerprint density at radius 1 is 1.33 bits per heavy atom. The summed E-state index contributed by atoms with van der Waals surface area (Å²) in [6.07, 6.45) is 1.85. The molecule has 0 radical (unpaired) electrons. The van der Waals surface area contributed by atoms with Crippen LogP contribution in [0.5, 0.6) is 0 Å². The first-order valence-electron chi connectivity index (χ1n) is 9.64. The van der Waals surface area contributed by atoms with Gasteiger partial charge in [-0.25, -0.2) is 0 Å². The number of nitrogens with zero attached hydrogens (tertiary/aromatic N) is 2. The molecule has 5 N–H and O–H groups in total. The molecule has 160 valence electrons. The second kappa shape index (κ2) is 9.23. The van der Waals surface area contributed by atoms with Crippen LogP contribution in [-0.4, -0.2) is 47.4 Å². The van der Waals surface area contributed by atoms with E-state index in [-0.39, 0.29) is 28.3 Å². The highest BCUT2D eigenvalue weighted by molar-refractivity contribution is 7.09. The number of anilines is 2. The summed E-state index contributed by atoms with van der Waals surface area (Å²) in [6.45, 7) is 4.63. The molecular weight excluding hydrogens is 406 g/mol. The Balaban J connectivity index is 1.88. The zero-order valence-electron chi connectivity index (χ0n) is 16.9. The second-order valence-corrected chi connectivity index (χ2v) is 7.98. The van der Waals surface area contributed by atoms with Gasteiger partial charge in [-0.3, -0.25) is 19.3 Å². The molecule has 2 aromatic rings. The molecule has 0 bridgehead atoms. The lowest BCUT2D eigenvalue weighted by Gasteiger charge is -2.28. The summed E-state index contributed by atoms with van der Waals surface area (Å²) >= 11 is 0.783. The number of hydrogen-bond donors (Lipinski definition) is 3. The fraction of sp³-hybridized carbons (Fsp3) is 0.400. The van der Waals surface area contributed by atoms with Gasteiger partial charge in [0.15, 0.2) is 5.69 Å². The first-order valence-corrected chi connectivity index (χ1v) is 10.4. The molecule has 3 rings (SSSR count). The van der Waals surface area contributed by atoms with Crippen molar-refractivity contribution in [2.24, 2.45) is 5.73 Å². The Bertz CT molecular complexity index is 937. The van der Waals surface area contributed by atoms with Gasteiger partial charge in [-0.15, -0.1) is 0 Å². The number of nitrogen functional groups attached to an aromatic ring is 1. The summed E-state index contributed by atoms with van der Waals surface area (Å²) in [6, 6.07) is 6.36. The molecule has 2 atom stereocenters. The number of hydrogen-bond acceptors (Lipinski definition) is 7. The highest BCUT2D eigenvalue weighted by Gasteiger charge is 2.32. The second-order valence-electron chi connectivity index (χ2n) is 7.21. The zero-order valence-corrected chi connectivity index (χ0v) is 17.7. The van der Waals surface area contributed by atoms with Gasteiger partial charge >= 0.3 is 0 Å². The van der Waals surface area contributed by atoms with E-state index in [0.717, 1.165) is 29.9 Å². The molecule has 30 heavy (non-hydrogen) atoms. The Labute approximate surface area is 178 Å². The average Bonchev–Trinajstić information content (AvgIpc) is 3.37. The van der Waals surface area contributed by atoms with E-state index in [1.54, 1.807) is 19.1 Å². The third kappa shape index (κ3) is 4.60. The third-order valence-corrected chi connectivity index (χ3v) is 5.83. The minimum Gasteiger partial charge on any atom is -0.395 e. The van der Waals surface area contributed by atoms with Crippen LogP contribution in [0, 0.1) is 6.92 Å². The molecular formula is C20H25N5O4S. The summed E-state index contributed by atoms with van der Waals surface area (Å²) < 4.78 is 9.43. The van der Waals surface area contributed by atoms with Gasteiger partial charge in [0, 0.05) is 18.8 Å². The Morgan fingerprint density at radius 3 is 2.60 bits per heavy atom. The number of benzene rings is 1. The summed E-state index contributed by atoms with van der Waals surface area (Å²) in [5, 5.41) is 2.85. The van der Waals surface area contributed by atoms with Crippen molar-refractivity contribution >= 4 is 40.6 Å². The average molecular weight is 432 g/mol. The summed E-state index contributed by atoms with van der Waals surface area (Å²) in [5.41, 5.74) is 12.5. The van der Waals surface area contributed by atoms with E-state index in [2.05, 4.69) is 9.69 Å². The number of amides is 3. The summed E-state index contributed by atoms with van der Waals surface area (Å²) in [7, 11) is 0. The van der Waals surface area contributed by atoms with Crippen molar-refractivity contribution in [1.29, 1.82) is 0 Å². The van der Waals surface area contributed by atoms with Crippen LogP contribution in [0.1, 0.15) is 45.5 Å². The Hall–Kier alpha value is -2.98. The lowest BCUT2D eigenvalue weighted by atomic mass is 10.1. The molecule has 10 heteroatoms. The zero-order chi connectivity index (χ0) is 21.8. The predicted molar refractivity (Wildman–Crippen MR) is 114 cm³/mol. The third-order valence-electron chi connectivity index (χ3n) is 4.98. The van der Waals surface area contributed by atoms with Gasteiger partial charge in [0.1, 0.15) is 10.9 Å². The minimum absolute atomic E-state index is 0.0139. The monoisotopic (exact) mass is 431 g/mol. The largest absolute Gasteiger partial charge is 0.395 e. The first-order chi connectivity index (χ1) is 14.3. The molecule has 2 heterocycles. The number of ether oxygens (including phenoxy) is 1. The molecule has 1 saturated heterocycles. The molecule has 1 fully saturated rings. The lowest BCUT2D eigenvalue weighted by Crippen LogP contribution is -2.49. The molecule has 0 unspecified atom stereocenters. The first kappa shape index (κ1) is 21.7. The van der Waals surface area contributed by atoms with Crippen molar-refractivity contribution < 1.29 is 19.1 Å². The molecule has 0 aliphatic carbocycles. The van der Waals surface area contributed by atoms with Crippen molar-refractivity contribution in [2.75, 3.05) is 23.8 Å². The van der Waals surface area contributed by atoms with Crippen LogP contribution in [0.4, 0.5) is 11.4 Å². The highest BCUT2D eigenvalue weighted by Crippen LogP contribution is 2.27. The van der Waals surface area contributed by atoms with E-state index >= 15 is 0 Å². The molecule has 3 amide bonds. The maximum atomic E-state index is 13.4. The van der Waals surface area contributed by atoms with Crippen LogP contribution in [-0.2, 0) is 9.53 Å². The minimum atomic E-state index is -0.833. The molecule has 1 aromatic heterocycles.